The lowest BCUT2D eigenvalue weighted by atomic mass is 10.2. The molecule has 0 bridgehead atoms. The monoisotopic (exact) mass is 336 g/mol. The van der Waals surface area contributed by atoms with Gasteiger partial charge in [0.05, 0.1) is 6.42 Å². The van der Waals surface area contributed by atoms with Crippen LogP contribution < -0.4 is 14.8 Å². The van der Waals surface area contributed by atoms with Crippen molar-refractivity contribution in [1.29, 1.82) is 0 Å². The summed E-state index contributed by atoms with van der Waals surface area (Å²) in [6, 6.07) is -1.86. The summed E-state index contributed by atoms with van der Waals surface area (Å²) in [5.74, 6) is -1.84. The molecule has 0 aromatic heterocycles. The van der Waals surface area contributed by atoms with Crippen LogP contribution in [-0.4, -0.2) is 56.3 Å². The van der Waals surface area contributed by atoms with E-state index >= 15 is 0 Å². The minimum Gasteiger partial charge on any atom is -0.480 e. The van der Waals surface area contributed by atoms with Gasteiger partial charge in [-0.25, -0.2) is 0 Å². The van der Waals surface area contributed by atoms with Gasteiger partial charge < -0.3 is 15.3 Å². The summed E-state index contributed by atoms with van der Waals surface area (Å²) < 4.78 is 27.5. The molecule has 0 unspecified atom stereocenters. The molecule has 1 amide bonds. The largest absolute Gasteiger partial charge is 0.480 e. The minimum atomic E-state index is -3.97. The van der Waals surface area contributed by atoms with Crippen LogP contribution in [0.2, 0.25) is 0 Å². The topological polar surface area (TPSA) is 146 Å². The number of rotatable bonds is 9. The first-order valence-electron chi connectivity index (χ1n) is 6.66. The van der Waals surface area contributed by atoms with Gasteiger partial charge in [0, 0.05) is 25.2 Å². The van der Waals surface area contributed by atoms with Crippen LogP contribution >= 0.6 is 0 Å². The predicted molar refractivity (Wildman–Crippen MR) is 77.4 cm³/mol. The molecule has 0 fully saturated rings. The molecule has 22 heavy (non-hydrogen) atoms. The first-order valence-corrected chi connectivity index (χ1v) is 8.14. The molecule has 1 rings (SSSR count). The highest BCUT2D eigenvalue weighted by Crippen LogP contribution is 2.08. The number of nitrogens with one attached hydrogen (secondary N) is 3. The number of oxime groups is 1. The van der Waals surface area contributed by atoms with Crippen LogP contribution in [0.1, 0.15) is 26.7 Å². The van der Waals surface area contributed by atoms with Crippen molar-refractivity contribution in [2.45, 2.75) is 44.9 Å². The third-order valence-corrected chi connectivity index (χ3v) is 3.93. The van der Waals surface area contributed by atoms with Crippen LogP contribution in [0.15, 0.2) is 5.16 Å². The first kappa shape index (κ1) is 18.3. The van der Waals surface area contributed by atoms with Crippen LogP contribution in [0.3, 0.4) is 0 Å². The molecule has 2 atom stereocenters. The molecule has 10 nitrogen and oxygen atoms in total. The molecule has 1 aliphatic rings. The Morgan fingerprint density at radius 3 is 2.59 bits per heavy atom. The van der Waals surface area contributed by atoms with Gasteiger partial charge in [-0.15, -0.1) is 0 Å². The smallest absolute Gasteiger partial charge is 0.323 e. The van der Waals surface area contributed by atoms with Gasteiger partial charge in [-0.3, -0.25) is 9.59 Å². The van der Waals surface area contributed by atoms with Gasteiger partial charge in [0.15, 0.2) is 0 Å². The van der Waals surface area contributed by atoms with Crippen molar-refractivity contribution in [3.8, 4) is 0 Å². The lowest BCUT2D eigenvalue weighted by Gasteiger charge is -2.17. The second kappa shape index (κ2) is 8.06. The van der Waals surface area contributed by atoms with Crippen molar-refractivity contribution >= 4 is 28.3 Å². The summed E-state index contributed by atoms with van der Waals surface area (Å²) in [5, 5.41) is 14.9. The Labute approximate surface area is 128 Å². The minimum absolute atomic E-state index is 0.0172. The average Bonchev–Trinajstić information content (AvgIpc) is 2.85. The van der Waals surface area contributed by atoms with Gasteiger partial charge in [0.25, 0.3) is 10.2 Å². The van der Waals surface area contributed by atoms with Crippen molar-refractivity contribution in [2.24, 2.45) is 5.16 Å². The highest BCUT2D eigenvalue weighted by atomic mass is 32.2. The standard InChI is InChI=1S/C11H20N4O6S/c1-7(2)14-22(19,20)15-9(11(17)18)6-12-10(16)5-8-3-4-13-21-8/h4,7-9,14-15H,3,5-6H2,1-2H3,(H,12,16)(H,17,18)/t8-,9+/m1/s1. The normalized spacial score (nSPS) is 19.0. The fraction of sp³-hybridized carbons (Fsp3) is 0.727. The number of carbonyl (C=O) groups is 2. The van der Waals surface area contributed by atoms with E-state index in [1.807, 2.05) is 4.72 Å². The maximum absolute atomic E-state index is 11.6. The fourth-order valence-corrected chi connectivity index (χ4v) is 2.91. The van der Waals surface area contributed by atoms with E-state index in [1.165, 1.54) is 6.21 Å². The van der Waals surface area contributed by atoms with Crippen molar-refractivity contribution in [2.75, 3.05) is 6.54 Å². The highest BCUT2D eigenvalue weighted by Gasteiger charge is 2.25. The van der Waals surface area contributed by atoms with Crippen LogP contribution in [-0.2, 0) is 24.6 Å². The van der Waals surface area contributed by atoms with E-state index in [4.69, 9.17) is 9.94 Å². The summed E-state index contributed by atoms with van der Waals surface area (Å²) in [6.07, 6.45) is 1.68. The molecule has 0 saturated heterocycles. The maximum Gasteiger partial charge on any atom is 0.323 e. The second-order valence-electron chi connectivity index (χ2n) is 5.04. The van der Waals surface area contributed by atoms with Gasteiger partial charge in [-0.1, -0.05) is 5.16 Å². The van der Waals surface area contributed by atoms with Gasteiger partial charge in [-0.05, 0) is 13.8 Å². The Balaban J connectivity index is 2.47. The molecule has 0 spiro atoms. The third-order valence-electron chi connectivity index (χ3n) is 2.56. The van der Waals surface area contributed by atoms with Crippen molar-refractivity contribution in [3.63, 3.8) is 0 Å². The van der Waals surface area contributed by atoms with Gasteiger partial charge in [0.1, 0.15) is 12.1 Å². The summed E-state index contributed by atoms with van der Waals surface area (Å²) in [4.78, 5) is 27.6. The van der Waals surface area contributed by atoms with Crippen LogP contribution in [0, 0.1) is 0 Å². The van der Waals surface area contributed by atoms with E-state index in [0.29, 0.717) is 6.42 Å². The quantitative estimate of drug-likeness (QED) is 0.405. The fourth-order valence-electron chi connectivity index (χ4n) is 1.66. The molecule has 0 aromatic rings. The molecular formula is C11H20N4O6S. The Morgan fingerprint density at radius 2 is 2.09 bits per heavy atom. The Hall–Kier alpha value is -1.72. The summed E-state index contributed by atoms with van der Waals surface area (Å²) in [7, 11) is -3.97. The van der Waals surface area contributed by atoms with E-state index in [9.17, 15) is 18.0 Å². The predicted octanol–water partition coefficient (Wildman–Crippen LogP) is -1.45. The van der Waals surface area contributed by atoms with E-state index in [1.54, 1.807) is 13.8 Å². The number of amides is 1. The maximum atomic E-state index is 11.6. The van der Waals surface area contributed by atoms with E-state index in [2.05, 4.69) is 15.2 Å². The van der Waals surface area contributed by atoms with E-state index in [0.717, 1.165) is 0 Å². The molecule has 1 heterocycles. The van der Waals surface area contributed by atoms with Crippen molar-refractivity contribution < 1.29 is 28.0 Å². The SMILES string of the molecule is CC(C)NS(=O)(=O)N[C@@H](CNC(=O)C[C@H]1CC=NO1)C(=O)O. The van der Waals surface area contributed by atoms with Crippen LogP contribution in [0.5, 0.6) is 0 Å². The van der Waals surface area contributed by atoms with E-state index in [-0.39, 0.29) is 25.1 Å². The molecule has 11 heteroatoms. The van der Waals surface area contributed by atoms with E-state index < -0.39 is 28.1 Å². The molecule has 0 saturated carbocycles. The Kier molecular flexibility index (Phi) is 6.71. The number of aliphatic carboxylic acids is 1. The first-order chi connectivity index (χ1) is 10.2. The Bertz CT molecular complexity index is 525. The van der Waals surface area contributed by atoms with Crippen LogP contribution in [0.4, 0.5) is 0 Å². The average molecular weight is 336 g/mol. The number of carboxylic acid groups (broad SMARTS) is 1. The zero-order valence-corrected chi connectivity index (χ0v) is 13.1. The van der Waals surface area contributed by atoms with Gasteiger partial charge in [0.2, 0.25) is 5.91 Å². The summed E-state index contributed by atoms with van der Waals surface area (Å²) >= 11 is 0. The molecule has 0 radical (unpaired) electrons. The second-order valence-corrected chi connectivity index (χ2v) is 6.52. The third kappa shape index (κ3) is 6.83. The number of nitrogens with zero attached hydrogens (tertiary/aromatic N) is 1. The number of hydrogen-bond donors (Lipinski definition) is 4. The molecule has 126 valence electrons. The molecule has 0 aliphatic carbocycles. The van der Waals surface area contributed by atoms with Crippen molar-refractivity contribution in [3.05, 3.63) is 0 Å². The number of hydrogen-bond acceptors (Lipinski definition) is 6. The lowest BCUT2D eigenvalue weighted by Crippen LogP contribution is -2.52. The lowest BCUT2D eigenvalue weighted by molar-refractivity contribution is -0.139. The molecule has 1 aliphatic heterocycles. The van der Waals surface area contributed by atoms with Gasteiger partial charge >= 0.3 is 5.97 Å². The number of carbonyl (C=O) groups excluding carboxylic acids is 1. The summed E-state index contributed by atoms with van der Waals surface area (Å²) in [5.41, 5.74) is 0. The number of carboxylic acids is 1. The van der Waals surface area contributed by atoms with Gasteiger partial charge in [-0.2, -0.15) is 17.9 Å². The molecule has 0 aromatic carbocycles. The molecule has 4 N–H and O–H groups in total. The van der Waals surface area contributed by atoms with Crippen LogP contribution in [0.25, 0.3) is 0 Å². The Morgan fingerprint density at radius 1 is 1.41 bits per heavy atom. The van der Waals surface area contributed by atoms with Crippen molar-refractivity contribution in [1.82, 2.24) is 14.8 Å². The molecular weight excluding hydrogens is 316 g/mol. The summed E-state index contributed by atoms with van der Waals surface area (Å²) in [6.45, 7) is 2.82. The highest BCUT2D eigenvalue weighted by molar-refractivity contribution is 7.87. The zero-order valence-electron chi connectivity index (χ0n) is 12.3. The zero-order chi connectivity index (χ0) is 16.8.